The van der Waals surface area contributed by atoms with Crippen LogP contribution in [-0.2, 0) is 0 Å². The van der Waals surface area contributed by atoms with Crippen molar-refractivity contribution in [3.8, 4) is 0 Å². The summed E-state index contributed by atoms with van der Waals surface area (Å²) in [6.45, 7) is 9.19. The van der Waals surface area contributed by atoms with Crippen LogP contribution in [0.5, 0.6) is 0 Å². The summed E-state index contributed by atoms with van der Waals surface area (Å²) < 4.78 is 2.27. The van der Waals surface area contributed by atoms with Gasteiger partial charge in [0.25, 0.3) is 0 Å². The van der Waals surface area contributed by atoms with Crippen molar-refractivity contribution in [1.82, 2.24) is 9.55 Å². The molecule has 0 fully saturated rings. The highest BCUT2D eigenvalue weighted by atomic mass is 15.1. The Balaban J connectivity index is 2.62. The van der Waals surface area contributed by atoms with Gasteiger partial charge in [0.1, 0.15) is 0 Å². The van der Waals surface area contributed by atoms with Gasteiger partial charge in [0.15, 0.2) is 0 Å². The Hall–Kier alpha value is -0.790. The molecule has 2 unspecified atom stereocenters. The third-order valence-electron chi connectivity index (χ3n) is 3.25. The summed E-state index contributed by atoms with van der Waals surface area (Å²) in [7, 11) is 0. The molecule has 0 aliphatic carbocycles. The molecule has 2 heteroatoms. The first kappa shape index (κ1) is 12.3. The van der Waals surface area contributed by atoms with Crippen LogP contribution < -0.4 is 0 Å². The third-order valence-corrected chi connectivity index (χ3v) is 3.25. The molecule has 1 aromatic rings. The Labute approximate surface area is 93.7 Å². The van der Waals surface area contributed by atoms with Gasteiger partial charge < -0.3 is 4.57 Å². The SMILES string of the molecule is CCC(C)C(CCC(C)C)n1ccnc1. The van der Waals surface area contributed by atoms with E-state index in [-0.39, 0.29) is 0 Å². The number of hydrogen-bond acceptors (Lipinski definition) is 1. The molecule has 1 aromatic heterocycles. The lowest BCUT2D eigenvalue weighted by atomic mass is 9.92. The zero-order valence-electron chi connectivity index (χ0n) is 10.5. The number of imidazole rings is 1. The smallest absolute Gasteiger partial charge is 0.0948 e. The molecule has 2 nitrogen and oxygen atoms in total. The second-order valence-electron chi connectivity index (χ2n) is 4.93. The first-order valence-corrected chi connectivity index (χ1v) is 6.12. The molecular formula is C13H24N2. The van der Waals surface area contributed by atoms with Gasteiger partial charge >= 0.3 is 0 Å². The van der Waals surface area contributed by atoms with E-state index in [9.17, 15) is 0 Å². The van der Waals surface area contributed by atoms with Crippen molar-refractivity contribution in [2.24, 2.45) is 11.8 Å². The second-order valence-corrected chi connectivity index (χ2v) is 4.93. The van der Waals surface area contributed by atoms with Gasteiger partial charge in [-0.1, -0.05) is 34.1 Å². The summed E-state index contributed by atoms with van der Waals surface area (Å²) in [5.41, 5.74) is 0. The minimum Gasteiger partial charge on any atom is -0.334 e. The Bertz CT molecular complexity index is 252. The molecule has 1 heterocycles. The van der Waals surface area contributed by atoms with Gasteiger partial charge in [-0.2, -0.15) is 0 Å². The second kappa shape index (κ2) is 5.94. The van der Waals surface area contributed by atoms with Crippen LogP contribution in [0, 0.1) is 11.8 Å². The van der Waals surface area contributed by atoms with Gasteiger partial charge in [0.05, 0.1) is 6.33 Å². The number of hydrogen-bond donors (Lipinski definition) is 0. The Morgan fingerprint density at radius 3 is 2.40 bits per heavy atom. The fourth-order valence-corrected chi connectivity index (χ4v) is 1.97. The van der Waals surface area contributed by atoms with E-state index in [1.54, 1.807) is 0 Å². The van der Waals surface area contributed by atoms with Crippen LogP contribution in [0.15, 0.2) is 18.7 Å². The van der Waals surface area contributed by atoms with E-state index in [0.29, 0.717) is 6.04 Å². The van der Waals surface area contributed by atoms with E-state index in [2.05, 4.69) is 43.4 Å². The molecule has 0 aromatic carbocycles. The molecule has 0 saturated heterocycles. The van der Waals surface area contributed by atoms with Crippen LogP contribution in [0.25, 0.3) is 0 Å². The molecule has 0 N–H and O–H groups in total. The van der Waals surface area contributed by atoms with E-state index < -0.39 is 0 Å². The van der Waals surface area contributed by atoms with E-state index >= 15 is 0 Å². The van der Waals surface area contributed by atoms with Crippen molar-refractivity contribution >= 4 is 0 Å². The van der Waals surface area contributed by atoms with Crippen molar-refractivity contribution < 1.29 is 0 Å². The molecule has 15 heavy (non-hydrogen) atoms. The quantitative estimate of drug-likeness (QED) is 0.693. The molecule has 0 saturated carbocycles. The molecule has 2 atom stereocenters. The van der Waals surface area contributed by atoms with Crippen molar-refractivity contribution in [3.05, 3.63) is 18.7 Å². The lowest BCUT2D eigenvalue weighted by Gasteiger charge is -2.25. The molecule has 0 spiro atoms. The first-order valence-electron chi connectivity index (χ1n) is 6.12. The molecule has 0 bridgehead atoms. The number of nitrogens with zero attached hydrogens (tertiary/aromatic N) is 2. The van der Waals surface area contributed by atoms with Crippen LogP contribution in [-0.4, -0.2) is 9.55 Å². The Kier molecular flexibility index (Phi) is 4.86. The van der Waals surface area contributed by atoms with Crippen LogP contribution in [0.2, 0.25) is 0 Å². The molecule has 0 aliphatic rings. The molecule has 86 valence electrons. The number of rotatable bonds is 6. The van der Waals surface area contributed by atoms with Gasteiger partial charge in [-0.15, -0.1) is 0 Å². The van der Waals surface area contributed by atoms with Crippen molar-refractivity contribution in [3.63, 3.8) is 0 Å². The van der Waals surface area contributed by atoms with E-state index in [4.69, 9.17) is 0 Å². The van der Waals surface area contributed by atoms with Crippen LogP contribution in [0.4, 0.5) is 0 Å². The maximum absolute atomic E-state index is 4.15. The monoisotopic (exact) mass is 208 g/mol. The van der Waals surface area contributed by atoms with Crippen LogP contribution in [0.1, 0.15) is 53.0 Å². The lowest BCUT2D eigenvalue weighted by molar-refractivity contribution is 0.303. The van der Waals surface area contributed by atoms with Crippen LogP contribution >= 0.6 is 0 Å². The highest BCUT2D eigenvalue weighted by molar-refractivity contribution is 4.83. The summed E-state index contributed by atoms with van der Waals surface area (Å²) in [6.07, 6.45) is 9.73. The average molecular weight is 208 g/mol. The van der Waals surface area contributed by atoms with E-state index in [0.717, 1.165) is 11.8 Å². The Morgan fingerprint density at radius 2 is 1.93 bits per heavy atom. The third kappa shape index (κ3) is 3.69. The molecular weight excluding hydrogens is 184 g/mol. The summed E-state index contributed by atoms with van der Waals surface area (Å²) >= 11 is 0. The average Bonchev–Trinajstić information content (AvgIpc) is 2.70. The number of aromatic nitrogens is 2. The standard InChI is InChI=1S/C13H24N2/c1-5-12(4)13(7-6-11(2)3)15-9-8-14-10-15/h8-13H,5-7H2,1-4H3. The maximum Gasteiger partial charge on any atom is 0.0948 e. The largest absolute Gasteiger partial charge is 0.334 e. The summed E-state index contributed by atoms with van der Waals surface area (Å²) in [4.78, 5) is 4.15. The first-order chi connectivity index (χ1) is 7.15. The summed E-state index contributed by atoms with van der Waals surface area (Å²) in [5.74, 6) is 1.53. The minimum absolute atomic E-state index is 0.625. The normalized spacial score (nSPS) is 15.5. The highest BCUT2D eigenvalue weighted by Gasteiger charge is 2.17. The van der Waals surface area contributed by atoms with Crippen LogP contribution in [0.3, 0.4) is 0 Å². The Morgan fingerprint density at radius 1 is 1.20 bits per heavy atom. The fourth-order valence-electron chi connectivity index (χ4n) is 1.97. The van der Waals surface area contributed by atoms with Gasteiger partial charge in [-0.25, -0.2) is 4.98 Å². The lowest BCUT2D eigenvalue weighted by Crippen LogP contribution is -2.16. The zero-order valence-corrected chi connectivity index (χ0v) is 10.5. The van der Waals surface area contributed by atoms with Gasteiger partial charge in [0, 0.05) is 18.4 Å². The maximum atomic E-state index is 4.15. The molecule has 0 aliphatic heterocycles. The summed E-state index contributed by atoms with van der Waals surface area (Å²) in [6, 6.07) is 0.625. The fraction of sp³-hybridized carbons (Fsp3) is 0.769. The molecule has 0 amide bonds. The van der Waals surface area contributed by atoms with Gasteiger partial charge in [0.2, 0.25) is 0 Å². The zero-order chi connectivity index (χ0) is 11.3. The van der Waals surface area contributed by atoms with Gasteiger partial charge in [-0.05, 0) is 24.7 Å². The predicted molar refractivity (Wildman–Crippen MR) is 64.8 cm³/mol. The highest BCUT2D eigenvalue weighted by Crippen LogP contribution is 2.27. The van der Waals surface area contributed by atoms with E-state index in [1.165, 1.54) is 19.3 Å². The predicted octanol–water partition coefficient (Wildman–Crippen LogP) is 3.91. The minimum atomic E-state index is 0.625. The topological polar surface area (TPSA) is 17.8 Å². The van der Waals surface area contributed by atoms with Crippen molar-refractivity contribution in [2.45, 2.75) is 53.0 Å². The van der Waals surface area contributed by atoms with Gasteiger partial charge in [-0.3, -0.25) is 0 Å². The summed E-state index contributed by atoms with van der Waals surface area (Å²) in [5, 5.41) is 0. The van der Waals surface area contributed by atoms with Crippen molar-refractivity contribution in [1.29, 1.82) is 0 Å². The van der Waals surface area contributed by atoms with Crippen molar-refractivity contribution in [2.75, 3.05) is 0 Å². The van der Waals surface area contributed by atoms with E-state index in [1.807, 2.05) is 12.5 Å². The molecule has 0 radical (unpaired) electrons. The molecule has 1 rings (SSSR count).